The number of nitrogens with zero attached hydrogens (tertiary/aromatic N) is 2. The highest BCUT2D eigenvalue weighted by atomic mass is 19.1. The van der Waals surface area contributed by atoms with Crippen molar-refractivity contribution in [1.29, 1.82) is 0 Å². The van der Waals surface area contributed by atoms with E-state index in [1.807, 2.05) is 30.7 Å². The first-order chi connectivity index (χ1) is 10.6. The summed E-state index contributed by atoms with van der Waals surface area (Å²) in [7, 11) is 0. The van der Waals surface area contributed by atoms with Crippen LogP contribution < -0.4 is 0 Å². The molecule has 1 aromatic heterocycles. The molecule has 0 N–H and O–H groups in total. The van der Waals surface area contributed by atoms with Gasteiger partial charge in [-0.1, -0.05) is 24.3 Å². The predicted octanol–water partition coefficient (Wildman–Crippen LogP) is 4.67. The zero-order chi connectivity index (χ0) is 15.7. The summed E-state index contributed by atoms with van der Waals surface area (Å²) in [6.45, 7) is 7.90. The van der Waals surface area contributed by atoms with Crippen molar-refractivity contribution in [2.24, 2.45) is 0 Å². The molecule has 2 nitrogen and oxygen atoms in total. The Morgan fingerprint density at radius 1 is 1.00 bits per heavy atom. The van der Waals surface area contributed by atoms with Crippen molar-refractivity contribution in [3.63, 3.8) is 0 Å². The number of benzene rings is 2. The van der Waals surface area contributed by atoms with Crippen molar-refractivity contribution in [2.75, 3.05) is 0 Å². The van der Waals surface area contributed by atoms with Crippen LogP contribution in [0.15, 0.2) is 48.5 Å². The van der Waals surface area contributed by atoms with Gasteiger partial charge in [0.05, 0.1) is 11.4 Å². The fourth-order valence-corrected chi connectivity index (χ4v) is 2.73. The number of halogens is 1. The van der Waals surface area contributed by atoms with E-state index in [0.717, 1.165) is 34.6 Å². The Kier molecular flexibility index (Phi) is 3.80. The van der Waals surface area contributed by atoms with E-state index < -0.39 is 0 Å². The van der Waals surface area contributed by atoms with Gasteiger partial charge in [-0.05, 0) is 62.6 Å². The van der Waals surface area contributed by atoms with Gasteiger partial charge in [0.2, 0.25) is 0 Å². The lowest BCUT2D eigenvalue weighted by Crippen LogP contribution is -1.99. The van der Waals surface area contributed by atoms with Gasteiger partial charge < -0.3 is 0 Å². The summed E-state index contributed by atoms with van der Waals surface area (Å²) in [6.07, 6.45) is 0.776. The summed E-state index contributed by atoms with van der Waals surface area (Å²) in [5.41, 5.74) is 6.24. The summed E-state index contributed by atoms with van der Waals surface area (Å²) < 4.78 is 15.1. The van der Waals surface area contributed by atoms with Gasteiger partial charge >= 0.3 is 0 Å². The first-order valence-electron chi connectivity index (χ1n) is 7.31. The second kappa shape index (κ2) is 5.76. The van der Waals surface area contributed by atoms with Crippen LogP contribution in [0.4, 0.5) is 4.39 Å². The fourth-order valence-electron chi connectivity index (χ4n) is 2.73. The van der Waals surface area contributed by atoms with E-state index in [-0.39, 0.29) is 5.82 Å². The molecule has 2 aromatic carbocycles. The zero-order valence-electron chi connectivity index (χ0n) is 12.8. The third-order valence-corrected chi connectivity index (χ3v) is 3.89. The van der Waals surface area contributed by atoms with Crippen molar-refractivity contribution in [3.05, 3.63) is 78.2 Å². The molecule has 0 aliphatic rings. The molecule has 0 amide bonds. The third-order valence-electron chi connectivity index (χ3n) is 3.89. The maximum Gasteiger partial charge on any atom is 0.123 e. The van der Waals surface area contributed by atoms with E-state index in [1.54, 1.807) is 12.1 Å². The third kappa shape index (κ3) is 2.54. The van der Waals surface area contributed by atoms with Crippen LogP contribution in [0.2, 0.25) is 0 Å². The molecule has 0 fully saturated rings. The van der Waals surface area contributed by atoms with Crippen molar-refractivity contribution in [1.82, 2.24) is 9.78 Å². The average molecular weight is 293 g/mol. The Labute approximate surface area is 130 Å². The summed E-state index contributed by atoms with van der Waals surface area (Å²) in [6, 6.07) is 14.8. The molecule has 0 saturated carbocycles. The van der Waals surface area contributed by atoms with Gasteiger partial charge in [0.25, 0.3) is 0 Å². The van der Waals surface area contributed by atoms with E-state index in [0.29, 0.717) is 0 Å². The number of aryl methyl sites for hydroxylation is 1. The van der Waals surface area contributed by atoms with Crippen molar-refractivity contribution >= 4 is 0 Å². The van der Waals surface area contributed by atoms with Crippen LogP contribution in [0.5, 0.6) is 0 Å². The smallest absolute Gasteiger partial charge is 0.123 e. The minimum atomic E-state index is -0.227. The molecule has 0 spiro atoms. The number of hydrogen-bond acceptors (Lipinski definition) is 1. The van der Waals surface area contributed by atoms with Crippen molar-refractivity contribution in [2.45, 2.75) is 20.3 Å². The highest BCUT2D eigenvalue weighted by Gasteiger charge is 2.14. The first-order valence-corrected chi connectivity index (χ1v) is 7.31. The molecule has 0 aliphatic heterocycles. The topological polar surface area (TPSA) is 17.8 Å². The molecule has 0 atom stereocenters. The molecule has 22 heavy (non-hydrogen) atoms. The highest BCUT2D eigenvalue weighted by Crippen LogP contribution is 2.28. The lowest BCUT2D eigenvalue weighted by atomic mass is 10.0. The van der Waals surface area contributed by atoms with Crippen molar-refractivity contribution in [3.8, 4) is 16.8 Å². The Morgan fingerprint density at radius 3 is 2.23 bits per heavy atom. The quantitative estimate of drug-likeness (QED) is 0.686. The summed E-state index contributed by atoms with van der Waals surface area (Å²) >= 11 is 0. The highest BCUT2D eigenvalue weighted by molar-refractivity contribution is 5.69. The van der Waals surface area contributed by atoms with Crippen LogP contribution in [-0.2, 0) is 6.42 Å². The standard InChI is InChI=1S/C19H18FN2/c1-4-15-5-11-18(12-6-15)22-14(3)19(13(2)21-22)16-7-9-17(20)10-8-16/h5-12H,1,4H2,2-3H3. The minimum Gasteiger partial charge on any atom is -0.237 e. The molecular weight excluding hydrogens is 275 g/mol. The predicted molar refractivity (Wildman–Crippen MR) is 87.5 cm³/mol. The number of hydrogen-bond donors (Lipinski definition) is 0. The van der Waals surface area contributed by atoms with Gasteiger partial charge in [-0.25, -0.2) is 9.07 Å². The summed E-state index contributed by atoms with van der Waals surface area (Å²) in [5.74, 6) is -0.227. The molecular formula is C19H18FN2. The Morgan fingerprint density at radius 2 is 1.64 bits per heavy atom. The lowest BCUT2D eigenvalue weighted by molar-refractivity contribution is 0.628. The summed E-state index contributed by atoms with van der Waals surface area (Å²) in [4.78, 5) is 0. The Hall–Kier alpha value is -2.42. The molecule has 3 aromatic rings. The molecule has 0 unspecified atom stereocenters. The van der Waals surface area contributed by atoms with Gasteiger partial charge in [0.15, 0.2) is 0 Å². The molecule has 0 aliphatic carbocycles. The normalized spacial score (nSPS) is 10.9. The maximum absolute atomic E-state index is 13.1. The molecule has 3 heteroatoms. The van der Waals surface area contributed by atoms with Gasteiger partial charge in [0.1, 0.15) is 5.82 Å². The largest absolute Gasteiger partial charge is 0.237 e. The monoisotopic (exact) mass is 293 g/mol. The van der Waals surface area contributed by atoms with Crippen LogP contribution >= 0.6 is 0 Å². The van der Waals surface area contributed by atoms with Crippen molar-refractivity contribution < 1.29 is 4.39 Å². The Balaban J connectivity index is 2.07. The van der Waals surface area contributed by atoms with E-state index in [2.05, 4.69) is 24.2 Å². The van der Waals surface area contributed by atoms with Crippen LogP contribution in [0.25, 0.3) is 16.8 Å². The van der Waals surface area contributed by atoms with Crippen LogP contribution in [0.3, 0.4) is 0 Å². The van der Waals surface area contributed by atoms with Crippen LogP contribution in [-0.4, -0.2) is 9.78 Å². The second-order valence-corrected chi connectivity index (χ2v) is 5.38. The summed E-state index contributed by atoms with van der Waals surface area (Å²) in [5, 5.41) is 4.64. The average Bonchev–Trinajstić information content (AvgIpc) is 2.83. The maximum atomic E-state index is 13.1. The number of rotatable bonds is 3. The van der Waals surface area contributed by atoms with Gasteiger partial charge in [-0.15, -0.1) is 0 Å². The number of aromatic nitrogens is 2. The van der Waals surface area contributed by atoms with E-state index >= 15 is 0 Å². The molecule has 0 saturated heterocycles. The van der Waals surface area contributed by atoms with E-state index in [9.17, 15) is 4.39 Å². The van der Waals surface area contributed by atoms with Gasteiger partial charge in [-0.2, -0.15) is 5.10 Å². The lowest BCUT2D eigenvalue weighted by Gasteiger charge is -2.07. The molecule has 3 rings (SSSR count). The zero-order valence-corrected chi connectivity index (χ0v) is 12.8. The van der Waals surface area contributed by atoms with E-state index in [1.165, 1.54) is 17.7 Å². The fraction of sp³-hybridized carbons (Fsp3) is 0.158. The second-order valence-electron chi connectivity index (χ2n) is 5.38. The minimum absolute atomic E-state index is 0.227. The SMILES string of the molecule is [CH2]Cc1ccc(-n2nc(C)c(-c3ccc(F)cc3)c2C)cc1. The van der Waals surface area contributed by atoms with Crippen LogP contribution in [0, 0.1) is 26.6 Å². The molecule has 1 heterocycles. The van der Waals surface area contributed by atoms with E-state index in [4.69, 9.17) is 0 Å². The molecule has 0 bridgehead atoms. The molecule has 111 valence electrons. The van der Waals surface area contributed by atoms with Gasteiger partial charge in [0, 0.05) is 11.3 Å². The van der Waals surface area contributed by atoms with Crippen LogP contribution in [0.1, 0.15) is 17.0 Å². The van der Waals surface area contributed by atoms with Gasteiger partial charge in [-0.3, -0.25) is 0 Å². The molecule has 1 radical (unpaired) electrons. The first kappa shape index (κ1) is 14.5. The Bertz CT molecular complexity index is 784.